The predicted octanol–water partition coefficient (Wildman–Crippen LogP) is 3.11. The Balaban J connectivity index is 0.000000354. The van der Waals surface area contributed by atoms with Crippen LogP contribution >= 0.6 is 0 Å². The van der Waals surface area contributed by atoms with E-state index in [2.05, 4.69) is 6.92 Å². The summed E-state index contributed by atoms with van der Waals surface area (Å²) < 4.78 is 8.06. The van der Waals surface area contributed by atoms with Gasteiger partial charge in [-0.1, -0.05) is 13.3 Å². The molecule has 4 aliphatic rings. The quantitative estimate of drug-likeness (QED) is 0.605. The molecule has 4 bridgehead atoms. The van der Waals surface area contributed by atoms with E-state index in [0.29, 0.717) is 0 Å². The predicted molar refractivity (Wildman–Crippen MR) is 57.3 cm³/mol. The second kappa shape index (κ2) is 3.88. The fourth-order valence-corrected chi connectivity index (χ4v) is 4.72. The third kappa shape index (κ3) is 1.62. The molecule has 4 rings (SSSR count). The summed E-state index contributed by atoms with van der Waals surface area (Å²) in [5.41, 5.74) is 0.842. The molecular weight excluding hydrogens is 188 g/mol. The van der Waals surface area contributed by atoms with Crippen LogP contribution in [0.1, 0.15) is 51.9 Å². The van der Waals surface area contributed by atoms with Gasteiger partial charge in [0, 0.05) is 0 Å². The SMILES string of the molecule is CCC12CC3CC(CC(C3)C1)C2.O=[Si]. The van der Waals surface area contributed by atoms with Gasteiger partial charge in [-0.15, -0.1) is 0 Å². The summed E-state index contributed by atoms with van der Waals surface area (Å²) in [6.45, 7) is 2.42. The van der Waals surface area contributed by atoms with Gasteiger partial charge in [0.1, 0.15) is 0 Å². The van der Waals surface area contributed by atoms with E-state index < -0.39 is 0 Å². The zero-order valence-electron chi connectivity index (χ0n) is 9.09. The molecule has 14 heavy (non-hydrogen) atoms. The molecule has 78 valence electrons. The molecule has 2 heteroatoms. The van der Waals surface area contributed by atoms with E-state index in [4.69, 9.17) is 4.46 Å². The van der Waals surface area contributed by atoms with Gasteiger partial charge in [-0.3, -0.25) is 0 Å². The Morgan fingerprint density at radius 2 is 1.36 bits per heavy atom. The highest BCUT2D eigenvalue weighted by atomic mass is 28.1. The van der Waals surface area contributed by atoms with Crippen LogP contribution in [0.2, 0.25) is 0 Å². The first-order valence-electron chi connectivity index (χ1n) is 6.00. The summed E-state index contributed by atoms with van der Waals surface area (Å²) in [6.07, 6.45) is 11.0. The van der Waals surface area contributed by atoms with Crippen LogP contribution in [0, 0.1) is 23.2 Å². The van der Waals surface area contributed by atoms with Crippen molar-refractivity contribution in [3.05, 3.63) is 0 Å². The highest BCUT2D eigenvalue weighted by molar-refractivity contribution is 5.85. The van der Waals surface area contributed by atoms with Gasteiger partial charge in [-0.2, -0.15) is 0 Å². The van der Waals surface area contributed by atoms with Crippen molar-refractivity contribution in [2.24, 2.45) is 23.2 Å². The van der Waals surface area contributed by atoms with E-state index in [1.54, 1.807) is 48.7 Å². The lowest BCUT2D eigenvalue weighted by Gasteiger charge is -2.56. The summed E-state index contributed by atoms with van der Waals surface area (Å²) in [6, 6.07) is 0. The molecule has 0 amide bonds. The third-order valence-electron chi connectivity index (χ3n) is 4.92. The molecule has 1 nitrogen and oxygen atoms in total. The molecule has 0 aliphatic heterocycles. The van der Waals surface area contributed by atoms with Crippen LogP contribution in [0.15, 0.2) is 0 Å². The lowest BCUT2D eigenvalue weighted by atomic mass is 9.49. The Labute approximate surface area is 90.1 Å². The second-order valence-corrected chi connectivity index (χ2v) is 5.77. The second-order valence-electron chi connectivity index (χ2n) is 5.77. The van der Waals surface area contributed by atoms with Crippen LogP contribution in [0.5, 0.6) is 0 Å². The molecule has 2 radical (unpaired) electrons. The van der Waals surface area contributed by atoms with Gasteiger partial charge in [0.2, 0.25) is 0 Å². The number of hydrogen-bond acceptors (Lipinski definition) is 1. The first-order chi connectivity index (χ1) is 6.80. The number of rotatable bonds is 1. The summed E-state index contributed by atoms with van der Waals surface area (Å²) in [5, 5.41) is 0. The Morgan fingerprint density at radius 1 is 1.00 bits per heavy atom. The van der Waals surface area contributed by atoms with Gasteiger partial charge in [0.25, 0.3) is 0 Å². The van der Waals surface area contributed by atoms with Crippen molar-refractivity contribution in [2.45, 2.75) is 51.9 Å². The summed E-state index contributed by atoms with van der Waals surface area (Å²) >= 11 is 0. The molecule has 4 aliphatic carbocycles. The van der Waals surface area contributed by atoms with Crippen molar-refractivity contribution in [2.75, 3.05) is 0 Å². The molecule has 4 saturated carbocycles. The van der Waals surface area contributed by atoms with Crippen LogP contribution in [-0.2, 0) is 4.46 Å². The summed E-state index contributed by atoms with van der Waals surface area (Å²) in [5.74, 6) is 3.45. The van der Waals surface area contributed by atoms with Crippen LogP contribution in [0.3, 0.4) is 0 Å². The average Bonchev–Trinajstić information content (AvgIpc) is 2.19. The van der Waals surface area contributed by atoms with Gasteiger partial charge in [-0.25, -0.2) is 0 Å². The van der Waals surface area contributed by atoms with Gasteiger partial charge >= 0.3 is 10.1 Å². The smallest absolute Gasteiger partial charge is 0.381 e. The first-order valence-corrected chi connectivity index (χ1v) is 6.41. The number of hydrogen-bond donors (Lipinski definition) is 0. The first kappa shape index (κ1) is 10.5. The molecule has 0 unspecified atom stereocenters. The van der Waals surface area contributed by atoms with Crippen molar-refractivity contribution < 1.29 is 4.46 Å². The molecule has 0 aromatic rings. The zero-order chi connectivity index (χ0) is 10.2. The maximum Gasteiger partial charge on any atom is 0.381 e. The van der Waals surface area contributed by atoms with Crippen molar-refractivity contribution in [3.63, 3.8) is 0 Å². The summed E-state index contributed by atoms with van der Waals surface area (Å²) in [4.78, 5) is 0. The highest BCUT2D eigenvalue weighted by Gasteiger charge is 2.49. The standard InChI is InChI=1S/C12H20.OSi/c1-2-12-6-9-3-10(7-12)5-11(4-9)8-12;1-2/h9-11H,2-8H2,1H3;. The third-order valence-corrected chi connectivity index (χ3v) is 4.92. The topological polar surface area (TPSA) is 17.1 Å². The Hall–Kier alpha value is 0.0169. The Bertz CT molecular complexity index is 179. The average molecular weight is 208 g/mol. The normalized spacial score (nSPS) is 48.5. The Kier molecular flexibility index (Phi) is 2.92. The van der Waals surface area contributed by atoms with E-state index in [0.717, 1.165) is 23.2 Å². The molecule has 0 N–H and O–H groups in total. The minimum absolute atomic E-state index is 0.842. The fourth-order valence-electron chi connectivity index (χ4n) is 4.72. The maximum absolute atomic E-state index is 8.06. The van der Waals surface area contributed by atoms with E-state index in [1.165, 1.54) is 6.42 Å². The molecule has 0 saturated heterocycles. The van der Waals surface area contributed by atoms with Gasteiger partial charge in [0.05, 0.1) is 0 Å². The molecule has 4 fully saturated rings. The zero-order valence-corrected chi connectivity index (χ0v) is 10.1. The van der Waals surface area contributed by atoms with Gasteiger partial charge in [-0.05, 0) is 61.7 Å². The molecule has 0 spiro atoms. The minimum Gasteiger partial charge on any atom is -0.381 e. The molecule has 0 aromatic carbocycles. The molecule has 0 atom stereocenters. The highest BCUT2D eigenvalue weighted by Crippen LogP contribution is 2.61. The van der Waals surface area contributed by atoms with Gasteiger partial charge in [0.15, 0.2) is 0 Å². The van der Waals surface area contributed by atoms with E-state index in [9.17, 15) is 0 Å². The van der Waals surface area contributed by atoms with E-state index in [-0.39, 0.29) is 0 Å². The molecule has 0 aromatic heterocycles. The van der Waals surface area contributed by atoms with Crippen LogP contribution in [-0.4, -0.2) is 10.1 Å². The maximum atomic E-state index is 8.06. The lowest BCUT2D eigenvalue weighted by Crippen LogP contribution is -2.45. The van der Waals surface area contributed by atoms with Crippen LogP contribution in [0.4, 0.5) is 0 Å². The van der Waals surface area contributed by atoms with Crippen molar-refractivity contribution >= 4 is 10.1 Å². The van der Waals surface area contributed by atoms with Crippen molar-refractivity contribution in [1.29, 1.82) is 0 Å². The van der Waals surface area contributed by atoms with Crippen molar-refractivity contribution in [3.8, 4) is 0 Å². The van der Waals surface area contributed by atoms with Crippen LogP contribution < -0.4 is 0 Å². The van der Waals surface area contributed by atoms with E-state index >= 15 is 0 Å². The van der Waals surface area contributed by atoms with E-state index in [1.807, 2.05) is 0 Å². The van der Waals surface area contributed by atoms with Gasteiger partial charge < -0.3 is 4.46 Å². The molecule has 0 heterocycles. The summed E-state index contributed by atoms with van der Waals surface area (Å²) in [7, 11) is 1.72. The van der Waals surface area contributed by atoms with Crippen LogP contribution in [0.25, 0.3) is 0 Å². The largest absolute Gasteiger partial charge is 0.381 e. The van der Waals surface area contributed by atoms with Crippen molar-refractivity contribution in [1.82, 2.24) is 0 Å². The minimum atomic E-state index is 0.842. The molecular formula is C12H20OSi. The lowest BCUT2D eigenvalue weighted by molar-refractivity contribution is -0.0545. The monoisotopic (exact) mass is 208 g/mol. The fraction of sp³-hybridized carbons (Fsp3) is 1.00. The Morgan fingerprint density at radius 3 is 1.64 bits per heavy atom.